The fraction of sp³-hybridized carbons (Fsp3) is 0.727. The SMILES string of the molecule is CCCn1nc(C)c(N)c1N1CCCCO1. The van der Waals surface area contributed by atoms with Crippen molar-refractivity contribution in [3.8, 4) is 0 Å². The monoisotopic (exact) mass is 224 g/mol. The molecule has 90 valence electrons. The number of aromatic nitrogens is 2. The van der Waals surface area contributed by atoms with Crippen LogP contribution in [0.1, 0.15) is 31.9 Å². The number of nitrogens with zero attached hydrogens (tertiary/aromatic N) is 3. The predicted octanol–water partition coefficient (Wildman–Crippen LogP) is 1.72. The first-order valence-electron chi connectivity index (χ1n) is 5.97. The number of hydrogen-bond donors (Lipinski definition) is 1. The smallest absolute Gasteiger partial charge is 0.174 e. The Morgan fingerprint density at radius 2 is 2.25 bits per heavy atom. The summed E-state index contributed by atoms with van der Waals surface area (Å²) in [6, 6.07) is 0. The van der Waals surface area contributed by atoms with E-state index in [9.17, 15) is 0 Å². The van der Waals surface area contributed by atoms with Gasteiger partial charge in [-0.2, -0.15) is 5.10 Å². The van der Waals surface area contributed by atoms with E-state index in [0.29, 0.717) is 0 Å². The van der Waals surface area contributed by atoms with E-state index >= 15 is 0 Å². The molecule has 2 rings (SSSR count). The molecular weight excluding hydrogens is 204 g/mol. The van der Waals surface area contributed by atoms with Gasteiger partial charge in [0.2, 0.25) is 0 Å². The quantitative estimate of drug-likeness (QED) is 0.849. The molecule has 16 heavy (non-hydrogen) atoms. The lowest BCUT2D eigenvalue weighted by Gasteiger charge is -2.28. The summed E-state index contributed by atoms with van der Waals surface area (Å²) in [4.78, 5) is 5.64. The molecule has 0 aromatic carbocycles. The van der Waals surface area contributed by atoms with Crippen LogP contribution in [-0.4, -0.2) is 22.9 Å². The highest BCUT2D eigenvalue weighted by Gasteiger charge is 2.21. The minimum atomic E-state index is 0.746. The number of hydroxylamine groups is 1. The maximum Gasteiger partial charge on any atom is 0.174 e. The summed E-state index contributed by atoms with van der Waals surface area (Å²) in [6.07, 6.45) is 3.31. The number of nitrogen functional groups attached to an aromatic ring is 1. The predicted molar refractivity (Wildman–Crippen MR) is 64.2 cm³/mol. The molecule has 1 aliphatic heterocycles. The number of rotatable bonds is 3. The van der Waals surface area contributed by atoms with Crippen LogP contribution >= 0.6 is 0 Å². The molecule has 2 heterocycles. The van der Waals surface area contributed by atoms with E-state index in [1.807, 2.05) is 16.7 Å². The van der Waals surface area contributed by atoms with Crippen molar-refractivity contribution in [2.24, 2.45) is 0 Å². The molecule has 1 fully saturated rings. The van der Waals surface area contributed by atoms with Gasteiger partial charge in [0.25, 0.3) is 0 Å². The van der Waals surface area contributed by atoms with Gasteiger partial charge in [0.1, 0.15) is 0 Å². The Balaban J connectivity index is 2.28. The van der Waals surface area contributed by atoms with Gasteiger partial charge in [-0.15, -0.1) is 0 Å². The van der Waals surface area contributed by atoms with Crippen molar-refractivity contribution in [2.45, 2.75) is 39.7 Å². The van der Waals surface area contributed by atoms with Gasteiger partial charge < -0.3 is 5.73 Å². The summed E-state index contributed by atoms with van der Waals surface area (Å²) in [5, 5.41) is 6.34. The zero-order chi connectivity index (χ0) is 11.5. The molecule has 1 aliphatic rings. The first-order chi connectivity index (χ1) is 7.74. The molecule has 0 unspecified atom stereocenters. The van der Waals surface area contributed by atoms with Crippen molar-refractivity contribution in [3.63, 3.8) is 0 Å². The highest BCUT2D eigenvalue weighted by Crippen LogP contribution is 2.28. The normalized spacial score (nSPS) is 16.8. The van der Waals surface area contributed by atoms with Crippen LogP contribution < -0.4 is 10.8 Å². The Labute approximate surface area is 96.1 Å². The third-order valence-electron chi connectivity index (χ3n) is 2.82. The van der Waals surface area contributed by atoms with Gasteiger partial charge in [-0.25, -0.2) is 9.75 Å². The molecule has 0 spiro atoms. The van der Waals surface area contributed by atoms with Crippen LogP contribution in [0.3, 0.4) is 0 Å². The second-order valence-corrected chi connectivity index (χ2v) is 4.19. The van der Waals surface area contributed by atoms with Gasteiger partial charge in [-0.3, -0.25) is 4.84 Å². The Hall–Kier alpha value is -1.23. The summed E-state index contributed by atoms with van der Waals surface area (Å²) in [5.41, 5.74) is 7.69. The van der Waals surface area contributed by atoms with E-state index < -0.39 is 0 Å². The van der Waals surface area contributed by atoms with Crippen LogP contribution in [0.4, 0.5) is 11.5 Å². The Bertz CT molecular complexity index is 355. The average molecular weight is 224 g/mol. The van der Waals surface area contributed by atoms with Crippen molar-refractivity contribution >= 4 is 11.5 Å². The number of aryl methyl sites for hydroxylation is 2. The second kappa shape index (κ2) is 4.74. The number of anilines is 2. The summed E-state index contributed by atoms with van der Waals surface area (Å²) in [5.74, 6) is 0.930. The minimum Gasteiger partial charge on any atom is -0.394 e. The largest absolute Gasteiger partial charge is 0.394 e. The third kappa shape index (κ3) is 2.00. The summed E-state index contributed by atoms with van der Waals surface area (Å²) >= 11 is 0. The van der Waals surface area contributed by atoms with Crippen molar-refractivity contribution in [2.75, 3.05) is 23.9 Å². The molecule has 0 atom stereocenters. The molecule has 0 bridgehead atoms. The molecular formula is C11H20N4O. The van der Waals surface area contributed by atoms with E-state index in [1.54, 1.807) is 0 Å². The highest BCUT2D eigenvalue weighted by molar-refractivity contribution is 5.65. The number of hydrogen-bond acceptors (Lipinski definition) is 4. The Morgan fingerprint density at radius 1 is 1.44 bits per heavy atom. The fourth-order valence-electron chi connectivity index (χ4n) is 1.98. The molecule has 5 nitrogen and oxygen atoms in total. The molecule has 0 radical (unpaired) electrons. The highest BCUT2D eigenvalue weighted by atomic mass is 16.7. The number of nitrogens with two attached hydrogens (primary N) is 1. The minimum absolute atomic E-state index is 0.746. The summed E-state index contributed by atoms with van der Waals surface area (Å²) < 4.78 is 1.95. The Morgan fingerprint density at radius 3 is 2.88 bits per heavy atom. The lowest BCUT2D eigenvalue weighted by Crippen LogP contribution is -2.32. The van der Waals surface area contributed by atoms with Gasteiger partial charge in [-0.1, -0.05) is 6.92 Å². The van der Waals surface area contributed by atoms with E-state index in [-0.39, 0.29) is 0 Å². The van der Waals surface area contributed by atoms with Gasteiger partial charge in [-0.05, 0) is 26.2 Å². The zero-order valence-corrected chi connectivity index (χ0v) is 10.1. The topological polar surface area (TPSA) is 56.3 Å². The lowest BCUT2D eigenvalue weighted by atomic mass is 10.3. The van der Waals surface area contributed by atoms with Crippen molar-refractivity contribution < 1.29 is 4.84 Å². The Kier molecular flexibility index (Phi) is 3.33. The molecule has 1 aromatic heterocycles. The third-order valence-corrected chi connectivity index (χ3v) is 2.82. The summed E-state index contributed by atoms with van der Waals surface area (Å²) in [7, 11) is 0. The van der Waals surface area contributed by atoms with Crippen molar-refractivity contribution in [1.29, 1.82) is 0 Å². The molecule has 0 aliphatic carbocycles. The van der Waals surface area contributed by atoms with Gasteiger partial charge in [0.05, 0.1) is 18.0 Å². The fourth-order valence-corrected chi connectivity index (χ4v) is 1.98. The van der Waals surface area contributed by atoms with Crippen LogP contribution in [0.5, 0.6) is 0 Å². The van der Waals surface area contributed by atoms with Crippen molar-refractivity contribution in [1.82, 2.24) is 9.78 Å². The molecule has 5 heteroatoms. The van der Waals surface area contributed by atoms with Crippen LogP contribution in [0.25, 0.3) is 0 Å². The van der Waals surface area contributed by atoms with Gasteiger partial charge >= 0.3 is 0 Å². The maximum absolute atomic E-state index is 6.06. The van der Waals surface area contributed by atoms with Crippen LogP contribution in [0.15, 0.2) is 0 Å². The van der Waals surface area contributed by atoms with Crippen molar-refractivity contribution in [3.05, 3.63) is 5.69 Å². The molecule has 1 aromatic rings. The van der Waals surface area contributed by atoms with E-state index in [4.69, 9.17) is 10.6 Å². The van der Waals surface area contributed by atoms with Crippen LogP contribution in [-0.2, 0) is 11.4 Å². The maximum atomic E-state index is 6.06. The first kappa shape index (κ1) is 11.3. The van der Waals surface area contributed by atoms with Gasteiger partial charge in [0.15, 0.2) is 5.82 Å². The summed E-state index contributed by atoms with van der Waals surface area (Å²) in [6.45, 7) is 6.63. The molecule has 1 saturated heterocycles. The average Bonchev–Trinajstić information content (AvgIpc) is 2.57. The van der Waals surface area contributed by atoms with E-state index in [1.165, 1.54) is 0 Å². The second-order valence-electron chi connectivity index (χ2n) is 4.19. The first-order valence-corrected chi connectivity index (χ1v) is 5.97. The standard InChI is InChI=1S/C11H20N4O/c1-3-6-14-11(10(12)9(2)13-14)15-7-4-5-8-16-15/h3-8,12H2,1-2H3. The molecule has 2 N–H and O–H groups in total. The van der Waals surface area contributed by atoms with Crippen LogP contribution in [0, 0.1) is 6.92 Å². The van der Waals surface area contributed by atoms with Crippen LogP contribution in [0.2, 0.25) is 0 Å². The van der Waals surface area contributed by atoms with E-state index in [0.717, 1.165) is 56.2 Å². The van der Waals surface area contributed by atoms with Gasteiger partial charge in [0, 0.05) is 13.1 Å². The zero-order valence-electron chi connectivity index (χ0n) is 10.1. The lowest BCUT2D eigenvalue weighted by molar-refractivity contribution is 0.0744. The van der Waals surface area contributed by atoms with E-state index in [2.05, 4.69) is 12.0 Å². The molecule has 0 saturated carbocycles. The molecule has 0 amide bonds.